The van der Waals surface area contributed by atoms with E-state index < -0.39 is 0 Å². The number of hydrogen-bond donors (Lipinski definition) is 3. The molecule has 1 aromatic carbocycles. The van der Waals surface area contributed by atoms with Crippen molar-refractivity contribution in [3.8, 4) is 6.01 Å². The number of fused-ring (bicyclic) bond motifs is 1. The van der Waals surface area contributed by atoms with E-state index >= 15 is 0 Å². The maximum Gasteiger partial charge on any atom is 0.410 e. The van der Waals surface area contributed by atoms with Gasteiger partial charge in [-0.2, -0.15) is 9.97 Å². The molecule has 3 aliphatic rings. The van der Waals surface area contributed by atoms with Gasteiger partial charge in [0.1, 0.15) is 13.2 Å². The molecule has 5 N–H and O–H groups in total. The number of benzene rings is 1. The maximum atomic E-state index is 13.1. The Labute approximate surface area is 207 Å². The summed E-state index contributed by atoms with van der Waals surface area (Å²) in [6.07, 6.45) is 2.84. The van der Waals surface area contributed by atoms with Crippen molar-refractivity contribution in [1.82, 2.24) is 36.6 Å². The summed E-state index contributed by atoms with van der Waals surface area (Å²) in [7, 11) is 2.14. The SMILES string of the molecule is CN1CCC[C@H]1COc1nc2c(c(C3CNCCN3C(=O)OCc3ccccc3)n1)CCNC2.N. The molecule has 0 bridgehead atoms. The number of ether oxygens (including phenoxy) is 2. The van der Waals surface area contributed by atoms with Gasteiger partial charge in [-0.25, -0.2) is 4.79 Å². The molecule has 1 unspecified atom stereocenters. The van der Waals surface area contributed by atoms with Crippen LogP contribution in [0.1, 0.15) is 41.4 Å². The Balaban J connectivity index is 0.00000289. The van der Waals surface area contributed by atoms with Crippen LogP contribution >= 0.6 is 0 Å². The summed E-state index contributed by atoms with van der Waals surface area (Å²) in [6, 6.07) is 10.3. The van der Waals surface area contributed by atoms with Crippen molar-refractivity contribution in [2.45, 2.75) is 44.5 Å². The number of nitrogens with one attached hydrogen (secondary N) is 2. The first-order valence-corrected chi connectivity index (χ1v) is 12.3. The molecule has 2 fully saturated rings. The van der Waals surface area contributed by atoms with Gasteiger partial charge >= 0.3 is 12.1 Å². The molecule has 2 atom stereocenters. The third-order valence-electron chi connectivity index (χ3n) is 7.02. The average molecular weight is 484 g/mol. The molecular weight excluding hydrogens is 446 g/mol. The lowest BCUT2D eigenvalue weighted by atomic mass is 9.98. The van der Waals surface area contributed by atoms with Crippen LogP contribution < -0.4 is 21.5 Å². The van der Waals surface area contributed by atoms with Gasteiger partial charge in [-0.05, 0) is 45.0 Å². The van der Waals surface area contributed by atoms with E-state index in [1.807, 2.05) is 30.3 Å². The van der Waals surface area contributed by atoms with Gasteiger partial charge in [0.2, 0.25) is 0 Å². The Morgan fingerprint density at radius 2 is 2.00 bits per heavy atom. The first kappa shape index (κ1) is 25.3. The van der Waals surface area contributed by atoms with Crippen LogP contribution in [0.15, 0.2) is 30.3 Å². The largest absolute Gasteiger partial charge is 0.462 e. The molecule has 3 aliphatic heterocycles. The van der Waals surface area contributed by atoms with Crippen LogP contribution in [0.5, 0.6) is 6.01 Å². The summed E-state index contributed by atoms with van der Waals surface area (Å²) in [5, 5.41) is 6.83. The van der Waals surface area contributed by atoms with Gasteiger partial charge in [0.05, 0.1) is 17.4 Å². The Kier molecular flexibility index (Phi) is 8.50. The summed E-state index contributed by atoms with van der Waals surface area (Å²) in [6.45, 7) is 5.41. The number of likely N-dealkylation sites (N-methyl/N-ethyl adjacent to an activating group) is 1. The Morgan fingerprint density at radius 1 is 1.14 bits per heavy atom. The van der Waals surface area contributed by atoms with E-state index in [-0.39, 0.29) is 24.9 Å². The van der Waals surface area contributed by atoms with Crippen LogP contribution in [0, 0.1) is 0 Å². The lowest BCUT2D eigenvalue weighted by Gasteiger charge is -2.36. The van der Waals surface area contributed by atoms with Gasteiger partial charge in [0.25, 0.3) is 0 Å². The highest BCUT2D eigenvalue weighted by atomic mass is 16.6. The van der Waals surface area contributed by atoms with Gasteiger partial charge in [0.15, 0.2) is 0 Å². The predicted molar refractivity (Wildman–Crippen MR) is 133 cm³/mol. The van der Waals surface area contributed by atoms with Crippen LogP contribution in [0.3, 0.4) is 0 Å². The number of rotatable bonds is 6. The Bertz CT molecular complexity index is 991. The summed E-state index contributed by atoms with van der Waals surface area (Å²) < 4.78 is 11.8. The lowest BCUT2D eigenvalue weighted by molar-refractivity contribution is 0.0705. The molecule has 4 heterocycles. The van der Waals surface area contributed by atoms with Crippen molar-refractivity contribution in [2.75, 3.05) is 46.4 Å². The number of nitrogens with zero attached hydrogens (tertiary/aromatic N) is 4. The molecule has 0 radical (unpaired) electrons. The topological polar surface area (TPSA) is 127 Å². The minimum Gasteiger partial charge on any atom is -0.462 e. The third-order valence-corrected chi connectivity index (χ3v) is 7.02. The molecule has 0 spiro atoms. The zero-order chi connectivity index (χ0) is 23.3. The van der Waals surface area contributed by atoms with Crippen molar-refractivity contribution in [1.29, 1.82) is 0 Å². The summed E-state index contributed by atoms with van der Waals surface area (Å²) in [5.41, 5.74) is 3.94. The summed E-state index contributed by atoms with van der Waals surface area (Å²) in [5.74, 6) is 0. The fourth-order valence-corrected chi connectivity index (χ4v) is 5.04. The van der Waals surface area contributed by atoms with E-state index in [2.05, 4.69) is 22.6 Å². The van der Waals surface area contributed by atoms with E-state index in [1.165, 1.54) is 6.42 Å². The molecule has 0 aliphatic carbocycles. The number of piperazine rings is 1. The zero-order valence-corrected chi connectivity index (χ0v) is 20.5. The normalized spacial score (nSPS) is 22.3. The van der Waals surface area contributed by atoms with E-state index in [0.29, 0.717) is 38.3 Å². The molecule has 5 rings (SSSR count). The number of likely N-dealkylation sites (tertiary alicyclic amines) is 1. The van der Waals surface area contributed by atoms with E-state index in [9.17, 15) is 4.79 Å². The number of aromatic nitrogens is 2. The lowest BCUT2D eigenvalue weighted by Crippen LogP contribution is -2.49. The van der Waals surface area contributed by atoms with Crippen molar-refractivity contribution in [2.24, 2.45) is 0 Å². The first-order valence-electron chi connectivity index (χ1n) is 12.3. The molecule has 2 saturated heterocycles. The third kappa shape index (κ3) is 5.90. The van der Waals surface area contributed by atoms with Crippen molar-refractivity contribution < 1.29 is 14.3 Å². The van der Waals surface area contributed by atoms with Gasteiger partial charge in [0, 0.05) is 37.8 Å². The first-order chi connectivity index (χ1) is 16.7. The van der Waals surface area contributed by atoms with E-state index in [1.54, 1.807) is 4.90 Å². The summed E-state index contributed by atoms with van der Waals surface area (Å²) >= 11 is 0. The molecule has 190 valence electrons. The molecular formula is C25H37N7O3. The molecule has 1 amide bonds. The predicted octanol–water partition coefficient (Wildman–Crippen LogP) is 2.04. The highest BCUT2D eigenvalue weighted by molar-refractivity contribution is 5.68. The summed E-state index contributed by atoms with van der Waals surface area (Å²) in [4.78, 5) is 26.9. The average Bonchev–Trinajstić information content (AvgIpc) is 3.30. The minimum absolute atomic E-state index is 0. The van der Waals surface area contributed by atoms with Crippen LogP contribution in [0.4, 0.5) is 4.79 Å². The molecule has 10 heteroatoms. The highest BCUT2D eigenvalue weighted by Crippen LogP contribution is 2.30. The maximum absolute atomic E-state index is 13.1. The van der Waals surface area contributed by atoms with Crippen molar-refractivity contribution in [3.05, 3.63) is 52.8 Å². The van der Waals surface area contributed by atoms with Gasteiger partial charge < -0.3 is 31.2 Å². The fraction of sp³-hybridized carbons (Fsp3) is 0.560. The van der Waals surface area contributed by atoms with E-state index in [4.69, 9.17) is 19.4 Å². The quantitative estimate of drug-likeness (QED) is 0.566. The van der Waals surface area contributed by atoms with Crippen LogP contribution in [-0.2, 0) is 24.3 Å². The Hall–Kier alpha value is -2.79. The van der Waals surface area contributed by atoms with Crippen LogP contribution in [0.2, 0.25) is 0 Å². The molecule has 2 aromatic rings. The second-order valence-electron chi connectivity index (χ2n) is 9.28. The van der Waals surface area contributed by atoms with Crippen LogP contribution in [0.25, 0.3) is 0 Å². The van der Waals surface area contributed by atoms with Crippen molar-refractivity contribution in [3.63, 3.8) is 0 Å². The van der Waals surface area contributed by atoms with Gasteiger partial charge in [-0.3, -0.25) is 4.90 Å². The molecule has 35 heavy (non-hydrogen) atoms. The van der Waals surface area contributed by atoms with E-state index in [0.717, 1.165) is 55.0 Å². The minimum atomic E-state index is -0.313. The second kappa shape index (κ2) is 11.8. The Morgan fingerprint density at radius 3 is 2.80 bits per heavy atom. The number of hydrogen-bond acceptors (Lipinski definition) is 9. The fourth-order valence-electron chi connectivity index (χ4n) is 5.04. The van der Waals surface area contributed by atoms with Gasteiger partial charge in [-0.15, -0.1) is 0 Å². The zero-order valence-electron chi connectivity index (χ0n) is 20.5. The smallest absolute Gasteiger partial charge is 0.410 e. The molecule has 10 nitrogen and oxygen atoms in total. The molecule has 1 aromatic heterocycles. The standard InChI is InChI=1S/C25H34N6O3.H3N/c1-30-12-5-8-19(30)17-33-24-28-21-14-26-10-9-20(21)23(29-24)22-15-27-11-13-31(22)25(32)34-16-18-6-3-2-4-7-18;/h2-4,6-7,19,22,26-27H,5,8-17H2,1H3;1H3/t19-,22?;/m0./s1. The second-order valence-corrected chi connectivity index (χ2v) is 9.28. The monoisotopic (exact) mass is 483 g/mol. The molecule has 0 saturated carbocycles. The van der Waals surface area contributed by atoms with Gasteiger partial charge in [-0.1, -0.05) is 30.3 Å². The highest BCUT2D eigenvalue weighted by Gasteiger charge is 2.34. The van der Waals surface area contributed by atoms with Crippen LogP contribution in [-0.4, -0.2) is 78.3 Å². The van der Waals surface area contributed by atoms with Crippen molar-refractivity contribution >= 4 is 6.09 Å². The number of carbonyl (C=O) groups is 1. The number of carbonyl (C=O) groups excluding carboxylic acids is 1. The number of amides is 1.